The lowest BCUT2D eigenvalue weighted by molar-refractivity contribution is 0.0999. The van der Waals surface area contributed by atoms with E-state index in [2.05, 4.69) is 5.10 Å². The van der Waals surface area contributed by atoms with Gasteiger partial charge in [-0.25, -0.2) is 0 Å². The third-order valence-electron chi connectivity index (χ3n) is 3.22. The van der Waals surface area contributed by atoms with Gasteiger partial charge in [0, 0.05) is 16.8 Å². The van der Waals surface area contributed by atoms with Gasteiger partial charge in [0.2, 0.25) is 5.91 Å². The molecule has 5 nitrogen and oxygen atoms in total. The van der Waals surface area contributed by atoms with Crippen LogP contribution in [0.4, 0.5) is 0 Å². The molecule has 106 valence electrons. The van der Waals surface area contributed by atoms with Gasteiger partial charge in [0.1, 0.15) is 0 Å². The van der Waals surface area contributed by atoms with Gasteiger partial charge in [0.05, 0.1) is 18.3 Å². The molecular weight excluding hydrogens is 254 g/mol. The number of aromatic nitrogens is 2. The zero-order valence-corrected chi connectivity index (χ0v) is 11.9. The minimum absolute atomic E-state index is 0.440. The Labute approximate surface area is 118 Å². The van der Waals surface area contributed by atoms with Crippen LogP contribution in [0.2, 0.25) is 0 Å². The quantitative estimate of drug-likeness (QED) is 0.888. The highest BCUT2D eigenvalue weighted by Crippen LogP contribution is 2.22. The Morgan fingerprint density at radius 2 is 2.10 bits per heavy atom. The predicted octanol–water partition coefficient (Wildman–Crippen LogP) is 1.65. The molecule has 0 saturated carbocycles. The molecule has 0 saturated heterocycles. The zero-order valence-electron chi connectivity index (χ0n) is 11.9. The smallest absolute Gasteiger partial charge is 0.248 e. The highest BCUT2D eigenvalue weighted by Gasteiger charge is 2.11. The Kier molecular flexibility index (Phi) is 3.90. The lowest BCUT2D eigenvalue weighted by Gasteiger charge is -2.06. The fourth-order valence-electron chi connectivity index (χ4n) is 2.13. The first kappa shape index (κ1) is 14.3. The molecule has 1 unspecified atom stereocenters. The van der Waals surface area contributed by atoms with Crippen LogP contribution in [0.5, 0.6) is 0 Å². The molecule has 0 aliphatic rings. The van der Waals surface area contributed by atoms with Gasteiger partial charge in [-0.05, 0) is 38.5 Å². The van der Waals surface area contributed by atoms with Crippen LogP contribution in [0.3, 0.4) is 0 Å². The fourth-order valence-corrected chi connectivity index (χ4v) is 2.13. The molecule has 3 N–H and O–H groups in total. The van der Waals surface area contributed by atoms with Crippen LogP contribution < -0.4 is 5.73 Å². The van der Waals surface area contributed by atoms with Crippen molar-refractivity contribution in [3.05, 3.63) is 41.1 Å². The molecule has 0 radical (unpaired) electrons. The van der Waals surface area contributed by atoms with Gasteiger partial charge < -0.3 is 10.8 Å². The molecule has 1 aromatic carbocycles. The Bertz CT molecular complexity index is 645. The van der Waals surface area contributed by atoms with Crippen LogP contribution in [-0.4, -0.2) is 26.9 Å². The minimum Gasteiger partial charge on any atom is -0.391 e. The number of nitrogens with zero attached hydrogens (tertiary/aromatic N) is 2. The number of aliphatic hydroxyl groups is 1. The molecule has 0 fully saturated rings. The number of hydrogen-bond acceptors (Lipinski definition) is 3. The Hall–Kier alpha value is -2.14. The van der Waals surface area contributed by atoms with Crippen molar-refractivity contribution in [2.75, 3.05) is 0 Å². The average Bonchev–Trinajstić information content (AvgIpc) is 2.70. The molecule has 1 heterocycles. The fraction of sp³-hybridized carbons (Fsp3) is 0.333. The monoisotopic (exact) mass is 273 g/mol. The van der Waals surface area contributed by atoms with E-state index in [9.17, 15) is 9.90 Å². The molecule has 20 heavy (non-hydrogen) atoms. The second kappa shape index (κ2) is 5.46. The molecule has 1 atom stereocenters. The lowest BCUT2D eigenvalue weighted by atomic mass is 10.0. The number of nitrogens with two attached hydrogens (primary N) is 1. The molecule has 1 aromatic heterocycles. The van der Waals surface area contributed by atoms with Crippen LogP contribution in [0.15, 0.2) is 24.3 Å². The van der Waals surface area contributed by atoms with Crippen molar-refractivity contribution in [2.24, 2.45) is 5.73 Å². The highest BCUT2D eigenvalue weighted by atomic mass is 16.3. The summed E-state index contributed by atoms with van der Waals surface area (Å²) in [6.07, 6.45) is -0.458. The van der Waals surface area contributed by atoms with E-state index in [1.165, 1.54) is 0 Å². The number of primary amides is 1. The normalized spacial score (nSPS) is 12.4. The first-order chi connectivity index (χ1) is 9.38. The van der Waals surface area contributed by atoms with Crippen molar-refractivity contribution in [3.8, 4) is 11.3 Å². The van der Waals surface area contributed by atoms with Gasteiger partial charge in [0.25, 0.3) is 0 Å². The van der Waals surface area contributed by atoms with E-state index in [4.69, 9.17) is 5.73 Å². The summed E-state index contributed by atoms with van der Waals surface area (Å²) in [6, 6.07) is 7.46. The number of amides is 1. The minimum atomic E-state index is -0.458. The second-order valence-electron chi connectivity index (χ2n) is 5.10. The first-order valence-electron chi connectivity index (χ1n) is 6.52. The SMILES string of the molecule is Cc1ccc(-c2cc(C)n(CC(C)O)n2)cc1C(N)=O. The molecule has 2 aromatic rings. The maximum absolute atomic E-state index is 11.4. The maximum atomic E-state index is 11.4. The third-order valence-corrected chi connectivity index (χ3v) is 3.22. The van der Waals surface area contributed by atoms with Gasteiger partial charge in [-0.1, -0.05) is 12.1 Å². The molecular formula is C15H19N3O2. The molecule has 5 heteroatoms. The summed E-state index contributed by atoms with van der Waals surface area (Å²) < 4.78 is 1.75. The van der Waals surface area contributed by atoms with Crippen LogP contribution >= 0.6 is 0 Å². The zero-order chi connectivity index (χ0) is 14.9. The number of aryl methyl sites for hydroxylation is 2. The molecule has 0 spiro atoms. The second-order valence-corrected chi connectivity index (χ2v) is 5.10. The van der Waals surface area contributed by atoms with Gasteiger partial charge in [-0.15, -0.1) is 0 Å². The van der Waals surface area contributed by atoms with E-state index < -0.39 is 12.0 Å². The van der Waals surface area contributed by atoms with Crippen molar-refractivity contribution in [2.45, 2.75) is 33.4 Å². The van der Waals surface area contributed by atoms with E-state index in [0.717, 1.165) is 22.5 Å². The molecule has 2 rings (SSSR count). The van der Waals surface area contributed by atoms with Gasteiger partial charge >= 0.3 is 0 Å². The van der Waals surface area contributed by atoms with E-state index in [0.29, 0.717) is 12.1 Å². The van der Waals surface area contributed by atoms with Crippen LogP contribution in [0.25, 0.3) is 11.3 Å². The lowest BCUT2D eigenvalue weighted by Crippen LogP contribution is -2.14. The summed E-state index contributed by atoms with van der Waals surface area (Å²) in [4.78, 5) is 11.4. The van der Waals surface area contributed by atoms with Crippen LogP contribution in [-0.2, 0) is 6.54 Å². The number of rotatable bonds is 4. The Balaban J connectivity index is 2.42. The van der Waals surface area contributed by atoms with Crippen molar-refractivity contribution in [1.82, 2.24) is 9.78 Å². The van der Waals surface area contributed by atoms with Crippen molar-refractivity contribution >= 4 is 5.91 Å². The standard InChI is InChI=1S/C15H19N3O2/c1-9-4-5-12(7-13(9)15(16)20)14-6-10(2)18(17-14)8-11(3)19/h4-7,11,19H,8H2,1-3H3,(H2,16,20). The number of hydrogen-bond donors (Lipinski definition) is 2. The van der Waals surface area contributed by atoms with Gasteiger partial charge in [0.15, 0.2) is 0 Å². The van der Waals surface area contributed by atoms with Crippen molar-refractivity contribution in [1.29, 1.82) is 0 Å². The molecule has 0 aliphatic heterocycles. The van der Waals surface area contributed by atoms with E-state index in [-0.39, 0.29) is 0 Å². The number of benzene rings is 1. The number of carbonyl (C=O) groups is 1. The van der Waals surface area contributed by atoms with Gasteiger partial charge in [-0.2, -0.15) is 5.10 Å². The Morgan fingerprint density at radius 3 is 2.70 bits per heavy atom. The molecule has 0 aliphatic carbocycles. The molecule has 0 bridgehead atoms. The number of carbonyl (C=O) groups excluding carboxylic acids is 1. The van der Waals surface area contributed by atoms with Crippen molar-refractivity contribution in [3.63, 3.8) is 0 Å². The highest BCUT2D eigenvalue weighted by molar-refractivity contribution is 5.95. The van der Waals surface area contributed by atoms with E-state index in [1.807, 2.05) is 32.0 Å². The average molecular weight is 273 g/mol. The summed E-state index contributed by atoms with van der Waals surface area (Å²) in [5.41, 5.74) is 9.29. The predicted molar refractivity (Wildman–Crippen MR) is 77.3 cm³/mol. The number of aliphatic hydroxyl groups excluding tert-OH is 1. The first-order valence-corrected chi connectivity index (χ1v) is 6.52. The van der Waals surface area contributed by atoms with E-state index >= 15 is 0 Å². The van der Waals surface area contributed by atoms with Gasteiger partial charge in [-0.3, -0.25) is 9.48 Å². The summed E-state index contributed by atoms with van der Waals surface area (Å²) in [6.45, 7) is 5.95. The summed E-state index contributed by atoms with van der Waals surface area (Å²) in [5, 5.41) is 13.9. The maximum Gasteiger partial charge on any atom is 0.248 e. The van der Waals surface area contributed by atoms with Crippen molar-refractivity contribution < 1.29 is 9.90 Å². The largest absolute Gasteiger partial charge is 0.391 e. The van der Waals surface area contributed by atoms with Crippen LogP contribution in [0, 0.1) is 13.8 Å². The van der Waals surface area contributed by atoms with Crippen LogP contribution in [0.1, 0.15) is 28.5 Å². The summed E-state index contributed by atoms with van der Waals surface area (Å²) in [7, 11) is 0. The molecule has 1 amide bonds. The Morgan fingerprint density at radius 1 is 1.40 bits per heavy atom. The third kappa shape index (κ3) is 2.88. The topological polar surface area (TPSA) is 81.1 Å². The summed E-state index contributed by atoms with van der Waals surface area (Å²) >= 11 is 0. The van der Waals surface area contributed by atoms with E-state index in [1.54, 1.807) is 17.7 Å². The summed E-state index contributed by atoms with van der Waals surface area (Å²) in [5.74, 6) is -0.440.